The number of thiophene rings is 1. The third kappa shape index (κ3) is 4.20. The van der Waals surface area contributed by atoms with Crippen LogP contribution in [0.15, 0.2) is 16.3 Å². The second-order valence-corrected chi connectivity index (χ2v) is 8.68. The third-order valence-electron chi connectivity index (χ3n) is 2.81. The number of hydrogen-bond donors (Lipinski definition) is 2. The van der Waals surface area contributed by atoms with Crippen LogP contribution in [-0.4, -0.2) is 37.5 Å². The molecule has 2 heterocycles. The number of aliphatic carboxylic acids is 1. The van der Waals surface area contributed by atoms with Gasteiger partial charge in [0.1, 0.15) is 4.21 Å². The summed E-state index contributed by atoms with van der Waals surface area (Å²) in [5.41, 5.74) is 0. The summed E-state index contributed by atoms with van der Waals surface area (Å²) in [6, 6.07) is 3.02. The van der Waals surface area contributed by atoms with Gasteiger partial charge in [0.15, 0.2) is 0 Å². The van der Waals surface area contributed by atoms with Crippen molar-refractivity contribution in [1.82, 2.24) is 4.72 Å². The number of nitrogens with one attached hydrogen (secondary N) is 1. The zero-order valence-electron chi connectivity index (χ0n) is 10.2. The monoisotopic (exact) mass is 321 g/mol. The van der Waals surface area contributed by atoms with Crippen LogP contribution in [-0.2, 0) is 21.2 Å². The highest BCUT2D eigenvalue weighted by Gasteiger charge is 2.21. The van der Waals surface area contributed by atoms with Crippen molar-refractivity contribution in [2.45, 2.75) is 17.1 Å². The molecule has 1 unspecified atom stereocenters. The van der Waals surface area contributed by atoms with Gasteiger partial charge in [-0.1, -0.05) is 0 Å². The molecule has 0 amide bonds. The van der Waals surface area contributed by atoms with E-state index in [2.05, 4.69) is 4.72 Å². The van der Waals surface area contributed by atoms with E-state index in [1.54, 1.807) is 6.07 Å². The summed E-state index contributed by atoms with van der Waals surface area (Å²) in [5.74, 6) is 1.53. The molecule has 0 aromatic carbocycles. The molecule has 19 heavy (non-hydrogen) atoms. The van der Waals surface area contributed by atoms with Crippen molar-refractivity contribution >= 4 is 39.1 Å². The minimum Gasteiger partial charge on any atom is -0.481 e. The van der Waals surface area contributed by atoms with E-state index in [1.807, 2.05) is 11.8 Å². The van der Waals surface area contributed by atoms with Gasteiger partial charge in [0.25, 0.3) is 0 Å². The molecular weight excluding hydrogens is 306 g/mol. The first-order chi connectivity index (χ1) is 8.97. The SMILES string of the molecule is O=C(O)Cc1ccc(S(=O)(=O)NCC2CCSC2)s1. The molecule has 0 spiro atoms. The molecule has 0 aliphatic carbocycles. The number of thioether (sulfide) groups is 1. The van der Waals surface area contributed by atoms with Crippen LogP contribution in [0.2, 0.25) is 0 Å². The van der Waals surface area contributed by atoms with Crippen molar-refractivity contribution in [2.75, 3.05) is 18.1 Å². The van der Waals surface area contributed by atoms with Gasteiger partial charge >= 0.3 is 5.97 Å². The molecule has 1 fully saturated rings. The maximum atomic E-state index is 12.0. The van der Waals surface area contributed by atoms with E-state index in [0.717, 1.165) is 29.3 Å². The van der Waals surface area contributed by atoms with Crippen LogP contribution in [0, 0.1) is 5.92 Å². The van der Waals surface area contributed by atoms with Crippen LogP contribution in [0.4, 0.5) is 0 Å². The molecule has 2 rings (SSSR count). The summed E-state index contributed by atoms with van der Waals surface area (Å²) >= 11 is 2.86. The van der Waals surface area contributed by atoms with Crippen LogP contribution in [0.25, 0.3) is 0 Å². The lowest BCUT2D eigenvalue weighted by Gasteiger charge is -2.09. The number of sulfonamides is 1. The topological polar surface area (TPSA) is 83.5 Å². The van der Waals surface area contributed by atoms with Crippen LogP contribution in [0.3, 0.4) is 0 Å². The van der Waals surface area contributed by atoms with Gasteiger partial charge in [-0.2, -0.15) is 11.8 Å². The molecule has 1 aliphatic heterocycles. The van der Waals surface area contributed by atoms with Crippen molar-refractivity contribution in [3.63, 3.8) is 0 Å². The molecular formula is C11H15NO4S3. The standard InChI is InChI=1S/C11H15NO4S3/c13-10(14)5-9-1-2-11(18-9)19(15,16)12-6-8-3-4-17-7-8/h1-2,8,12H,3-7H2,(H,13,14). The Hall–Kier alpha value is -0.570. The van der Waals surface area contributed by atoms with E-state index in [0.29, 0.717) is 17.3 Å². The lowest BCUT2D eigenvalue weighted by Crippen LogP contribution is -2.28. The minimum atomic E-state index is -3.50. The molecule has 8 heteroatoms. The predicted molar refractivity (Wildman–Crippen MR) is 76.3 cm³/mol. The zero-order chi connectivity index (χ0) is 13.9. The smallest absolute Gasteiger partial charge is 0.308 e. The van der Waals surface area contributed by atoms with Crippen molar-refractivity contribution in [1.29, 1.82) is 0 Å². The van der Waals surface area contributed by atoms with Crippen molar-refractivity contribution in [3.8, 4) is 0 Å². The Morgan fingerprint density at radius 2 is 2.26 bits per heavy atom. The molecule has 1 atom stereocenters. The summed E-state index contributed by atoms with van der Waals surface area (Å²) in [6.07, 6.45) is 0.904. The Morgan fingerprint density at radius 3 is 2.89 bits per heavy atom. The van der Waals surface area contributed by atoms with Crippen molar-refractivity contribution < 1.29 is 18.3 Å². The van der Waals surface area contributed by atoms with Gasteiger partial charge in [0.2, 0.25) is 10.0 Å². The van der Waals surface area contributed by atoms with Crippen molar-refractivity contribution in [2.24, 2.45) is 5.92 Å². The highest BCUT2D eigenvalue weighted by molar-refractivity contribution is 7.99. The van der Waals surface area contributed by atoms with Crippen LogP contribution >= 0.6 is 23.1 Å². The average molecular weight is 321 g/mol. The minimum absolute atomic E-state index is 0.139. The fourth-order valence-corrected chi connectivity index (χ4v) is 5.58. The molecule has 0 bridgehead atoms. The Kier molecular flexibility index (Phi) is 4.88. The van der Waals surface area contributed by atoms with Gasteiger partial charge < -0.3 is 5.11 Å². The first-order valence-corrected chi connectivity index (χ1v) is 9.31. The molecule has 1 aromatic rings. The Balaban J connectivity index is 1.98. The van der Waals surface area contributed by atoms with E-state index in [-0.39, 0.29) is 10.6 Å². The molecule has 0 saturated carbocycles. The molecule has 1 aromatic heterocycles. The highest BCUT2D eigenvalue weighted by atomic mass is 32.2. The third-order valence-corrected chi connectivity index (χ3v) is 7.05. The normalized spacial score (nSPS) is 19.7. The summed E-state index contributed by atoms with van der Waals surface area (Å²) in [7, 11) is -3.50. The maximum Gasteiger partial charge on any atom is 0.308 e. The number of carboxylic acids is 1. The van der Waals surface area contributed by atoms with Crippen molar-refractivity contribution in [3.05, 3.63) is 17.0 Å². The summed E-state index contributed by atoms with van der Waals surface area (Å²) in [5, 5.41) is 8.67. The fourth-order valence-electron chi connectivity index (χ4n) is 1.79. The summed E-state index contributed by atoms with van der Waals surface area (Å²) in [4.78, 5) is 11.1. The molecule has 1 saturated heterocycles. The lowest BCUT2D eigenvalue weighted by molar-refractivity contribution is -0.136. The Labute approximate surface area is 120 Å². The van der Waals surface area contributed by atoms with E-state index >= 15 is 0 Å². The first kappa shape index (κ1) is 14.8. The molecule has 5 nitrogen and oxygen atoms in total. The summed E-state index contributed by atoms with van der Waals surface area (Å²) < 4.78 is 26.9. The van der Waals surface area contributed by atoms with Gasteiger partial charge in [-0.3, -0.25) is 4.79 Å². The van der Waals surface area contributed by atoms with E-state index in [9.17, 15) is 13.2 Å². The maximum absolute atomic E-state index is 12.0. The summed E-state index contributed by atoms with van der Waals surface area (Å²) in [6.45, 7) is 0.460. The van der Waals surface area contributed by atoms with E-state index in [4.69, 9.17) is 5.11 Å². The molecule has 2 N–H and O–H groups in total. The number of hydrogen-bond acceptors (Lipinski definition) is 5. The van der Waals surface area contributed by atoms with E-state index < -0.39 is 16.0 Å². The first-order valence-electron chi connectivity index (χ1n) is 5.85. The van der Waals surface area contributed by atoms with Gasteiger partial charge in [-0.05, 0) is 36.0 Å². The van der Waals surface area contributed by atoms with Gasteiger partial charge in [-0.25, -0.2) is 13.1 Å². The Morgan fingerprint density at radius 1 is 1.47 bits per heavy atom. The second-order valence-electron chi connectivity index (χ2n) is 4.37. The fraction of sp³-hybridized carbons (Fsp3) is 0.545. The van der Waals surface area contributed by atoms with Gasteiger partial charge in [0, 0.05) is 11.4 Å². The quantitative estimate of drug-likeness (QED) is 0.827. The highest BCUT2D eigenvalue weighted by Crippen LogP contribution is 2.25. The lowest BCUT2D eigenvalue weighted by atomic mass is 10.1. The largest absolute Gasteiger partial charge is 0.481 e. The van der Waals surface area contributed by atoms with Crippen LogP contribution in [0.1, 0.15) is 11.3 Å². The zero-order valence-corrected chi connectivity index (χ0v) is 12.6. The Bertz CT molecular complexity index is 546. The van der Waals surface area contributed by atoms with Crippen LogP contribution in [0.5, 0.6) is 0 Å². The molecule has 1 aliphatic rings. The molecule has 0 radical (unpaired) electrons. The predicted octanol–water partition coefficient (Wildman–Crippen LogP) is 1.41. The van der Waals surface area contributed by atoms with Gasteiger partial charge in [-0.15, -0.1) is 11.3 Å². The second kappa shape index (κ2) is 6.25. The number of carboxylic acid groups (broad SMARTS) is 1. The van der Waals surface area contributed by atoms with Gasteiger partial charge in [0.05, 0.1) is 6.42 Å². The average Bonchev–Trinajstić information content (AvgIpc) is 2.96. The van der Waals surface area contributed by atoms with Crippen LogP contribution < -0.4 is 4.72 Å². The van der Waals surface area contributed by atoms with E-state index in [1.165, 1.54) is 6.07 Å². The number of rotatable bonds is 6. The molecule has 106 valence electrons. The number of carbonyl (C=O) groups is 1.